The molecule has 0 aromatic heterocycles. The van der Waals surface area contributed by atoms with Gasteiger partial charge in [-0.05, 0) is 48.4 Å². The van der Waals surface area contributed by atoms with Crippen LogP contribution in [0.3, 0.4) is 0 Å². The summed E-state index contributed by atoms with van der Waals surface area (Å²) in [5.74, 6) is -2.07. The third-order valence-corrected chi connectivity index (χ3v) is 4.46. The van der Waals surface area contributed by atoms with Crippen molar-refractivity contribution in [2.45, 2.75) is 18.9 Å². The summed E-state index contributed by atoms with van der Waals surface area (Å²) in [6, 6.07) is 11.6. The van der Waals surface area contributed by atoms with E-state index in [4.69, 9.17) is 4.74 Å². The molecule has 1 amide bonds. The van der Waals surface area contributed by atoms with Gasteiger partial charge in [0.25, 0.3) is 0 Å². The van der Waals surface area contributed by atoms with E-state index in [1.54, 1.807) is 24.3 Å². The Balaban J connectivity index is 2.07. The lowest BCUT2D eigenvalue weighted by Gasteiger charge is -2.42. The van der Waals surface area contributed by atoms with Crippen molar-refractivity contribution >= 4 is 17.6 Å². The van der Waals surface area contributed by atoms with Crippen molar-refractivity contribution in [3.8, 4) is 5.75 Å². The van der Waals surface area contributed by atoms with Crippen LogP contribution in [0, 0.1) is 11.7 Å². The van der Waals surface area contributed by atoms with Crippen molar-refractivity contribution in [2.75, 3.05) is 12.0 Å². The van der Waals surface area contributed by atoms with Crippen LogP contribution in [0.2, 0.25) is 0 Å². The summed E-state index contributed by atoms with van der Waals surface area (Å²) in [5, 5.41) is 11.6. The average molecular weight is 342 g/mol. The summed E-state index contributed by atoms with van der Waals surface area (Å²) in [4.78, 5) is 25.7. The summed E-state index contributed by atoms with van der Waals surface area (Å²) in [6.45, 7) is 0. The van der Waals surface area contributed by atoms with Gasteiger partial charge in [0.05, 0.1) is 13.2 Å². The van der Waals surface area contributed by atoms with Crippen molar-refractivity contribution in [1.29, 1.82) is 0 Å². The van der Waals surface area contributed by atoms with Gasteiger partial charge in [-0.2, -0.15) is 0 Å². The highest BCUT2D eigenvalue weighted by molar-refractivity contribution is 5.96. The molecule has 1 heterocycles. The first-order chi connectivity index (χ1) is 12.0. The zero-order valence-corrected chi connectivity index (χ0v) is 13.6. The third-order valence-electron chi connectivity index (χ3n) is 4.46. The summed E-state index contributed by atoms with van der Waals surface area (Å²) in [6.07, 6.45) is 0.304. The molecule has 1 fully saturated rings. The Hall–Kier alpha value is -2.89. The Morgan fingerprint density at radius 2 is 1.80 bits per heavy atom. The fourth-order valence-corrected chi connectivity index (χ4v) is 3.23. The van der Waals surface area contributed by atoms with Gasteiger partial charge in [0.15, 0.2) is 0 Å². The topological polar surface area (TPSA) is 69.7 Å². The maximum absolute atomic E-state index is 13.3. The second kappa shape index (κ2) is 6.93. The molecule has 1 saturated heterocycles. The van der Waals surface area contributed by atoms with Gasteiger partial charge in [0, 0.05) is 24.0 Å². The Kier molecular flexibility index (Phi) is 4.70. The van der Waals surface area contributed by atoms with Crippen LogP contribution < -0.4 is 14.7 Å². The standard InChI is InChI=1S/C19H18FNO4/c1-25-15-8-6-14(7-9-15)21-17(22)11-10-16(19(23)24)18(21)12-2-4-13(20)5-3-12/h2-9,16,18H,10-11H2,1H3,(H,23,24)/p-1. The van der Waals surface area contributed by atoms with Crippen LogP contribution in [0.5, 0.6) is 5.75 Å². The minimum Gasteiger partial charge on any atom is -0.550 e. The zero-order chi connectivity index (χ0) is 18.0. The number of amides is 1. The normalized spacial score (nSPS) is 20.4. The maximum atomic E-state index is 13.3. The molecule has 2 aromatic rings. The minimum absolute atomic E-state index is 0.113. The highest BCUT2D eigenvalue weighted by Gasteiger charge is 2.38. The molecule has 2 aromatic carbocycles. The number of halogens is 1. The fraction of sp³-hybridized carbons (Fsp3) is 0.263. The van der Waals surface area contributed by atoms with Crippen molar-refractivity contribution in [2.24, 2.45) is 5.92 Å². The number of anilines is 1. The van der Waals surface area contributed by atoms with E-state index in [1.807, 2.05) is 0 Å². The minimum atomic E-state index is -1.22. The number of carbonyl (C=O) groups excluding carboxylic acids is 2. The van der Waals surface area contributed by atoms with Gasteiger partial charge in [-0.1, -0.05) is 12.1 Å². The quantitative estimate of drug-likeness (QED) is 0.853. The maximum Gasteiger partial charge on any atom is 0.227 e. The molecule has 2 unspecified atom stereocenters. The van der Waals surface area contributed by atoms with Crippen LogP contribution in [0.25, 0.3) is 0 Å². The molecule has 25 heavy (non-hydrogen) atoms. The number of benzene rings is 2. The number of ether oxygens (including phenoxy) is 1. The Morgan fingerprint density at radius 3 is 2.36 bits per heavy atom. The number of nitrogens with zero attached hydrogens (tertiary/aromatic N) is 1. The molecule has 0 saturated carbocycles. The van der Waals surface area contributed by atoms with Crippen LogP contribution in [0.1, 0.15) is 24.4 Å². The van der Waals surface area contributed by atoms with E-state index in [0.29, 0.717) is 17.0 Å². The predicted octanol–water partition coefficient (Wildman–Crippen LogP) is 2.07. The predicted molar refractivity (Wildman–Crippen MR) is 87.4 cm³/mol. The summed E-state index contributed by atoms with van der Waals surface area (Å²) in [5.41, 5.74) is 1.12. The number of piperidine rings is 1. The number of carboxylic acid groups (broad SMARTS) is 1. The van der Waals surface area contributed by atoms with Crippen molar-refractivity contribution in [3.05, 3.63) is 59.9 Å². The molecule has 0 spiro atoms. The third kappa shape index (κ3) is 3.33. The van der Waals surface area contributed by atoms with E-state index in [-0.39, 0.29) is 18.7 Å². The molecule has 0 bridgehead atoms. The summed E-state index contributed by atoms with van der Waals surface area (Å²) in [7, 11) is 1.54. The molecule has 0 radical (unpaired) electrons. The van der Waals surface area contributed by atoms with Crippen LogP contribution in [-0.2, 0) is 9.59 Å². The Labute approximate surface area is 144 Å². The largest absolute Gasteiger partial charge is 0.550 e. The molecule has 1 aliphatic heterocycles. The second-order valence-electron chi connectivity index (χ2n) is 5.92. The SMILES string of the molecule is COc1ccc(N2C(=O)CCC(C(=O)[O-])C2c2ccc(F)cc2)cc1. The van der Waals surface area contributed by atoms with Crippen molar-refractivity contribution < 1.29 is 23.8 Å². The average Bonchev–Trinajstić information content (AvgIpc) is 2.62. The zero-order valence-electron chi connectivity index (χ0n) is 13.6. The van der Waals surface area contributed by atoms with E-state index in [2.05, 4.69) is 0 Å². The molecule has 0 aliphatic carbocycles. The van der Waals surface area contributed by atoms with Crippen molar-refractivity contribution in [3.63, 3.8) is 0 Å². The number of hydrogen-bond donors (Lipinski definition) is 0. The lowest BCUT2D eigenvalue weighted by molar-refractivity contribution is -0.312. The number of carbonyl (C=O) groups is 2. The van der Waals surface area contributed by atoms with Crippen LogP contribution >= 0.6 is 0 Å². The van der Waals surface area contributed by atoms with E-state index in [9.17, 15) is 19.1 Å². The molecule has 130 valence electrons. The highest BCUT2D eigenvalue weighted by atomic mass is 19.1. The summed E-state index contributed by atoms with van der Waals surface area (Å²) < 4.78 is 18.4. The second-order valence-corrected chi connectivity index (χ2v) is 5.92. The molecule has 0 N–H and O–H groups in total. The molecular formula is C19H17FNO4-. The van der Waals surface area contributed by atoms with Gasteiger partial charge >= 0.3 is 0 Å². The van der Waals surface area contributed by atoms with Gasteiger partial charge < -0.3 is 19.5 Å². The van der Waals surface area contributed by atoms with Gasteiger partial charge in [-0.3, -0.25) is 4.79 Å². The number of rotatable bonds is 4. The van der Waals surface area contributed by atoms with Gasteiger partial charge in [0.1, 0.15) is 11.6 Å². The number of aliphatic carboxylic acids is 1. The van der Waals surface area contributed by atoms with E-state index >= 15 is 0 Å². The molecule has 5 nitrogen and oxygen atoms in total. The lowest BCUT2D eigenvalue weighted by atomic mass is 9.84. The fourth-order valence-electron chi connectivity index (χ4n) is 3.23. The van der Waals surface area contributed by atoms with E-state index in [1.165, 1.54) is 36.3 Å². The number of methoxy groups -OCH3 is 1. The molecule has 1 aliphatic rings. The van der Waals surface area contributed by atoms with Gasteiger partial charge in [0.2, 0.25) is 5.91 Å². The molecule has 3 rings (SSSR count). The molecule has 6 heteroatoms. The Morgan fingerprint density at radius 1 is 1.16 bits per heavy atom. The van der Waals surface area contributed by atoms with Crippen LogP contribution in [0.15, 0.2) is 48.5 Å². The first-order valence-corrected chi connectivity index (χ1v) is 7.93. The Bertz CT molecular complexity index is 773. The van der Waals surface area contributed by atoms with E-state index in [0.717, 1.165) is 0 Å². The first kappa shape index (κ1) is 17.0. The van der Waals surface area contributed by atoms with Gasteiger partial charge in [-0.25, -0.2) is 4.39 Å². The van der Waals surface area contributed by atoms with Gasteiger partial charge in [-0.15, -0.1) is 0 Å². The lowest BCUT2D eigenvalue weighted by Crippen LogP contribution is -2.49. The molecular weight excluding hydrogens is 325 g/mol. The van der Waals surface area contributed by atoms with Crippen molar-refractivity contribution in [1.82, 2.24) is 0 Å². The number of carboxylic acids is 1. The first-order valence-electron chi connectivity index (χ1n) is 7.93. The smallest absolute Gasteiger partial charge is 0.227 e. The monoisotopic (exact) mass is 342 g/mol. The number of hydrogen-bond acceptors (Lipinski definition) is 4. The summed E-state index contributed by atoms with van der Waals surface area (Å²) >= 11 is 0. The van der Waals surface area contributed by atoms with E-state index < -0.39 is 23.7 Å². The van der Waals surface area contributed by atoms with Crippen LogP contribution in [-0.4, -0.2) is 19.0 Å². The molecule has 2 atom stereocenters. The van der Waals surface area contributed by atoms with Crippen LogP contribution in [0.4, 0.5) is 10.1 Å². The highest BCUT2D eigenvalue weighted by Crippen LogP contribution is 2.40.